The smallest absolute Gasteiger partial charge is 0.349 e. The molecule has 1 aromatic heterocycles. The minimum absolute atomic E-state index is 0.343. The third-order valence-corrected chi connectivity index (χ3v) is 3.86. The molecule has 110 valence electrons. The summed E-state index contributed by atoms with van der Waals surface area (Å²) in [5.74, 6) is -0.821. The van der Waals surface area contributed by atoms with Crippen LogP contribution < -0.4 is 5.32 Å². The van der Waals surface area contributed by atoms with Crippen LogP contribution in [0.15, 0.2) is 41.8 Å². The van der Waals surface area contributed by atoms with Gasteiger partial charge in [-0.1, -0.05) is 25.1 Å². The number of carbonyl (C=O) groups excluding carboxylic acids is 2. The Bertz CT molecular complexity index is 605. The first-order valence-corrected chi connectivity index (χ1v) is 7.62. The van der Waals surface area contributed by atoms with Gasteiger partial charge in [-0.25, -0.2) is 4.79 Å². The molecule has 0 radical (unpaired) electrons. The quantitative estimate of drug-likeness (QED) is 0.860. The molecule has 0 spiro atoms. The summed E-state index contributed by atoms with van der Waals surface area (Å²) in [6.07, 6.45) is 0.105. The zero-order valence-corrected chi connectivity index (χ0v) is 12.8. The molecular formula is C16H17NO3S. The van der Waals surface area contributed by atoms with Crippen molar-refractivity contribution < 1.29 is 14.3 Å². The van der Waals surface area contributed by atoms with Gasteiger partial charge in [0.1, 0.15) is 4.88 Å². The number of hydrogen-bond donors (Lipinski definition) is 1. The fourth-order valence-corrected chi connectivity index (χ4v) is 2.34. The predicted octanol–water partition coefficient (Wildman–Crippen LogP) is 3.49. The van der Waals surface area contributed by atoms with Gasteiger partial charge < -0.3 is 10.1 Å². The number of amides is 1. The van der Waals surface area contributed by atoms with Crippen LogP contribution in [0.1, 0.15) is 29.1 Å². The van der Waals surface area contributed by atoms with Gasteiger partial charge in [-0.15, -0.1) is 11.3 Å². The molecule has 0 saturated heterocycles. The van der Waals surface area contributed by atoms with Gasteiger partial charge in [0.15, 0.2) is 6.10 Å². The van der Waals surface area contributed by atoms with Crippen LogP contribution in [0.2, 0.25) is 0 Å². The monoisotopic (exact) mass is 303 g/mol. The molecule has 2 aromatic rings. The summed E-state index contributed by atoms with van der Waals surface area (Å²) in [7, 11) is 0. The van der Waals surface area contributed by atoms with E-state index in [1.165, 1.54) is 16.9 Å². The third kappa shape index (κ3) is 4.16. The van der Waals surface area contributed by atoms with E-state index in [2.05, 4.69) is 12.2 Å². The van der Waals surface area contributed by atoms with Crippen LogP contribution in [0.3, 0.4) is 0 Å². The number of esters is 1. The molecule has 0 aliphatic rings. The minimum atomic E-state index is -0.842. The highest BCUT2D eigenvalue weighted by Crippen LogP contribution is 2.13. The van der Waals surface area contributed by atoms with Crippen molar-refractivity contribution in [2.45, 2.75) is 26.4 Å². The molecule has 1 atom stereocenters. The summed E-state index contributed by atoms with van der Waals surface area (Å²) in [4.78, 5) is 24.2. The molecule has 0 saturated carbocycles. The van der Waals surface area contributed by atoms with Crippen molar-refractivity contribution in [1.82, 2.24) is 0 Å². The Kier molecular flexibility index (Phi) is 5.11. The van der Waals surface area contributed by atoms with Crippen molar-refractivity contribution >= 4 is 28.9 Å². The molecule has 0 fully saturated rings. The van der Waals surface area contributed by atoms with Crippen molar-refractivity contribution in [3.8, 4) is 0 Å². The molecule has 5 heteroatoms. The minimum Gasteiger partial charge on any atom is -0.448 e. The van der Waals surface area contributed by atoms with E-state index in [1.807, 2.05) is 24.3 Å². The zero-order chi connectivity index (χ0) is 15.2. The number of benzene rings is 1. The van der Waals surface area contributed by atoms with Crippen LogP contribution in [0, 0.1) is 0 Å². The SMILES string of the molecule is CCc1ccc(NC(=O)[C@@H](C)OC(=O)c2cccs2)cc1. The summed E-state index contributed by atoms with van der Waals surface area (Å²) in [5.41, 5.74) is 1.89. The van der Waals surface area contributed by atoms with Crippen LogP contribution in [-0.2, 0) is 16.0 Å². The first kappa shape index (κ1) is 15.3. The Morgan fingerprint density at radius 2 is 1.95 bits per heavy atom. The fourth-order valence-electron chi connectivity index (χ4n) is 1.73. The van der Waals surface area contributed by atoms with E-state index in [0.717, 1.165) is 6.42 Å². The zero-order valence-electron chi connectivity index (χ0n) is 12.0. The molecule has 0 aliphatic heterocycles. The van der Waals surface area contributed by atoms with E-state index in [1.54, 1.807) is 24.4 Å². The molecule has 1 heterocycles. The van der Waals surface area contributed by atoms with E-state index in [9.17, 15) is 9.59 Å². The van der Waals surface area contributed by atoms with Gasteiger partial charge in [0.25, 0.3) is 5.91 Å². The number of hydrogen-bond acceptors (Lipinski definition) is 4. The second kappa shape index (κ2) is 7.04. The van der Waals surface area contributed by atoms with Crippen molar-refractivity contribution in [3.05, 3.63) is 52.2 Å². The van der Waals surface area contributed by atoms with E-state index >= 15 is 0 Å². The first-order valence-electron chi connectivity index (χ1n) is 6.74. The van der Waals surface area contributed by atoms with Gasteiger partial charge in [0.2, 0.25) is 0 Å². The average Bonchev–Trinajstić information content (AvgIpc) is 3.02. The predicted molar refractivity (Wildman–Crippen MR) is 83.6 cm³/mol. The molecule has 1 aromatic carbocycles. The number of nitrogens with one attached hydrogen (secondary N) is 1. The van der Waals surface area contributed by atoms with Crippen molar-refractivity contribution in [2.75, 3.05) is 5.32 Å². The molecule has 0 bridgehead atoms. The second-order valence-corrected chi connectivity index (χ2v) is 5.51. The summed E-state index contributed by atoms with van der Waals surface area (Å²) >= 11 is 1.29. The van der Waals surface area contributed by atoms with E-state index in [-0.39, 0.29) is 5.91 Å². The largest absolute Gasteiger partial charge is 0.448 e. The number of aryl methyl sites for hydroxylation is 1. The summed E-state index contributed by atoms with van der Waals surface area (Å²) in [6, 6.07) is 11.0. The maximum Gasteiger partial charge on any atom is 0.349 e. The summed E-state index contributed by atoms with van der Waals surface area (Å²) in [6.45, 7) is 3.63. The van der Waals surface area contributed by atoms with Crippen LogP contribution in [0.5, 0.6) is 0 Å². The van der Waals surface area contributed by atoms with Gasteiger partial charge >= 0.3 is 5.97 Å². The van der Waals surface area contributed by atoms with Crippen molar-refractivity contribution in [3.63, 3.8) is 0 Å². The Morgan fingerprint density at radius 1 is 1.24 bits per heavy atom. The Hall–Kier alpha value is -2.14. The molecular weight excluding hydrogens is 286 g/mol. The standard InChI is InChI=1S/C16H17NO3S/c1-3-12-6-8-13(9-7-12)17-15(18)11(2)20-16(19)14-5-4-10-21-14/h4-11H,3H2,1-2H3,(H,17,18)/t11-/m1/s1. The van der Waals surface area contributed by atoms with Gasteiger partial charge in [-0.05, 0) is 42.5 Å². The highest BCUT2D eigenvalue weighted by atomic mass is 32.1. The molecule has 0 aliphatic carbocycles. The molecule has 2 rings (SSSR count). The topological polar surface area (TPSA) is 55.4 Å². The van der Waals surface area contributed by atoms with Crippen LogP contribution in [0.25, 0.3) is 0 Å². The lowest BCUT2D eigenvalue weighted by molar-refractivity contribution is -0.123. The number of thiophene rings is 1. The fraction of sp³-hybridized carbons (Fsp3) is 0.250. The molecule has 1 N–H and O–H groups in total. The van der Waals surface area contributed by atoms with Crippen LogP contribution in [0.4, 0.5) is 5.69 Å². The number of carbonyl (C=O) groups is 2. The molecule has 0 unspecified atom stereocenters. The first-order chi connectivity index (χ1) is 10.1. The Labute approximate surface area is 127 Å². The van der Waals surface area contributed by atoms with Crippen molar-refractivity contribution in [2.24, 2.45) is 0 Å². The highest BCUT2D eigenvalue weighted by Gasteiger charge is 2.19. The summed E-state index contributed by atoms with van der Waals surface area (Å²) < 4.78 is 5.13. The van der Waals surface area contributed by atoms with Gasteiger partial charge in [-0.3, -0.25) is 4.79 Å². The molecule has 21 heavy (non-hydrogen) atoms. The van der Waals surface area contributed by atoms with Crippen molar-refractivity contribution in [1.29, 1.82) is 0 Å². The maximum atomic E-state index is 12.0. The van der Waals surface area contributed by atoms with E-state index < -0.39 is 12.1 Å². The normalized spacial score (nSPS) is 11.7. The highest BCUT2D eigenvalue weighted by molar-refractivity contribution is 7.11. The van der Waals surface area contributed by atoms with E-state index in [4.69, 9.17) is 4.74 Å². The van der Waals surface area contributed by atoms with Crippen LogP contribution in [-0.4, -0.2) is 18.0 Å². The van der Waals surface area contributed by atoms with Crippen LogP contribution >= 0.6 is 11.3 Å². The summed E-state index contributed by atoms with van der Waals surface area (Å²) in [5, 5.41) is 4.52. The second-order valence-electron chi connectivity index (χ2n) is 4.56. The maximum absolute atomic E-state index is 12.0. The van der Waals surface area contributed by atoms with Gasteiger partial charge in [0.05, 0.1) is 0 Å². The van der Waals surface area contributed by atoms with Gasteiger partial charge in [0, 0.05) is 5.69 Å². The Morgan fingerprint density at radius 3 is 2.52 bits per heavy atom. The van der Waals surface area contributed by atoms with E-state index in [0.29, 0.717) is 10.6 Å². The number of ether oxygens (including phenoxy) is 1. The molecule has 1 amide bonds. The lowest BCUT2D eigenvalue weighted by atomic mass is 10.1. The third-order valence-electron chi connectivity index (χ3n) is 3.01. The molecule has 4 nitrogen and oxygen atoms in total. The lowest BCUT2D eigenvalue weighted by Gasteiger charge is -2.13. The lowest BCUT2D eigenvalue weighted by Crippen LogP contribution is -2.29. The Balaban J connectivity index is 1.91. The number of anilines is 1. The average molecular weight is 303 g/mol. The van der Waals surface area contributed by atoms with Gasteiger partial charge in [-0.2, -0.15) is 0 Å². The number of rotatable bonds is 5.